The molecule has 3 aromatic carbocycles. The monoisotopic (exact) mass is 682 g/mol. The van der Waals surface area contributed by atoms with Crippen molar-refractivity contribution in [2.24, 2.45) is 11.8 Å². The second-order valence-corrected chi connectivity index (χ2v) is 14.6. The normalized spacial score (nSPS) is 20.7. The van der Waals surface area contributed by atoms with Crippen LogP contribution < -0.4 is 0 Å². The number of carbonyl (C=O) groups excluding carboxylic acids is 2. The fraction of sp³-hybridized carbons (Fsp3) is 0.565. The Kier molecular flexibility index (Phi) is 20.6. The molecule has 3 aromatic rings. The lowest BCUT2D eigenvalue weighted by Crippen LogP contribution is -2.13. The predicted octanol–water partition coefficient (Wildman–Crippen LogP) is 12.7. The van der Waals surface area contributed by atoms with Crippen molar-refractivity contribution in [2.75, 3.05) is 20.8 Å². The van der Waals surface area contributed by atoms with Gasteiger partial charge in [-0.15, -0.1) is 0 Å². The molecule has 2 aliphatic rings. The van der Waals surface area contributed by atoms with Crippen molar-refractivity contribution in [3.63, 3.8) is 0 Å². The molecule has 274 valence electrons. The van der Waals surface area contributed by atoms with E-state index in [4.69, 9.17) is 9.47 Å². The van der Waals surface area contributed by atoms with E-state index in [-0.39, 0.29) is 6.10 Å². The van der Waals surface area contributed by atoms with Crippen molar-refractivity contribution in [1.82, 2.24) is 0 Å². The van der Waals surface area contributed by atoms with Gasteiger partial charge in [0.2, 0.25) is 0 Å². The highest BCUT2D eigenvalue weighted by Crippen LogP contribution is 2.39. The third-order valence-electron chi connectivity index (χ3n) is 11.0. The molecule has 0 aliphatic heterocycles. The van der Waals surface area contributed by atoms with Crippen LogP contribution in [0.2, 0.25) is 0 Å². The van der Waals surface area contributed by atoms with Crippen LogP contribution in [-0.2, 0) is 9.47 Å². The number of hydrogen-bond donors (Lipinski definition) is 0. The Morgan fingerprint density at radius 3 is 1.34 bits per heavy atom. The molecule has 50 heavy (non-hydrogen) atoms. The van der Waals surface area contributed by atoms with Crippen molar-refractivity contribution in [1.29, 1.82) is 0 Å². The number of rotatable bonds is 16. The van der Waals surface area contributed by atoms with E-state index < -0.39 is 0 Å². The van der Waals surface area contributed by atoms with Crippen molar-refractivity contribution in [2.45, 2.75) is 135 Å². The van der Waals surface area contributed by atoms with Crippen LogP contribution in [-0.4, -0.2) is 33.4 Å². The molecule has 1 unspecified atom stereocenters. The summed E-state index contributed by atoms with van der Waals surface area (Å²) in [4.78, 5) is 21.3. The first-order valence-electron chi connectivity index (χ1n) is 19.7. The van der Waals surface area contributed by atoms with Crippen LogP contribution in [0.1, 0.15) is 172 Å². The van der Waals surface area contributed by atoms with Crippen LogP contribution in [0.5, 0.6) is 0 Å². The first-order valence-corrected chi connectivity index (χ1v) is 19.7. The molecule has 0 spiro atoms. The van der Waals surface area contributed by atoms with E-state index in [9.17, 15) is 9.59 Å². The van der Waals surface area contributed by atoms with E-state index >= 15 is 0 Å². The number of ether oxygens (including phenoxy) is 2. The summed E-state index contributed by atoms with van der Waals surface area (Å²) in [5.74, 6) is 3.39. The Morgan fingerprint density at radius 1 is 0.580 bits per heavy atom. The van der Waals surface area contributed by atoms with E-state index in [1.807, 2.05) is 54.6 Å². The van der Waals surface area contributed by atoms with Crippen LogP contribution in [0.25, 0.3) is 0 Å². The maximum Gasteiger partial charge on any atom is 0.150 e. The second kappa shape index (κ2) is 25.0. The Bertz CT molecular complexity index is 1190. The lowest BCUT2D eigenvalue weighted by Gasteiger charge is -2.29. The summed E-state index contributed by atoms with van der Waals surface area (Å²) in [5, 5.41) is 0. The number of carbonyl (C=O) groups is 2. The van der Waals surface area contributed by atoms with Crippen molar-refractivity contribution < 1.29 is 19.1 Å². The molecule has 2 saturated carbocycles. The fourth-order valence-corrected chi connectivity index (χ4v) is 7.75. The van der Waals surface area contributed by atoms with Gasteiger partial charge in [0.25, 0.3) is 0 Å². The van der Waals surface area contributed by atoms with Crippen LogP contribution in [0.15, 0.2) is 78.9 Å². The fourth-order valence-electron chi connectivity index (χ4n) is 7.75. The molecular formula is C46H66O4. The average molecular weight is 683 g/mol. The first kappa shape index (κ1) is 41.3. The molecular weight excluding hydrogens is 617 g/mol. The molecule has 5 rings (SSSR count). The van der Waals surface area contributed by atoms with Gasteiger partial charge in [-0.2, -0.15) is 0 Å². The second-order valence-electron chi connectivity index (χ2n) is 14.6. The molecule has 0 amide bonds. The first-order chi connectivity index (χ1) is 24.5. The molecule has 0 bridgehead atoms. The number of hydrogen-bond acceptors (Lipinski definition) is 4. The van der Waals surface area contributed by atoms with E-state index in [2.05, 4.69) is 38.1 Å². The summed E-state index contributed by atoms with van der Waals surface area (Å²) >= 11 is 0. The molecule has 0 N–H and O–H groups in total. The predicted molar refractivity (Wildman–Crippen MR) is 209 cm³/mol. The smallest absolute Gasteiger partial charge is 0.150 e. The topological polar surface area (TPSA) is 52.6 Å². The van der Waals surface area contributed by atoms with Crippen LogP contribution in [0.4, 0.5) is 0 Å². The summed E-state index contributed by atoms with van der Waals surface area (Å²) < 4.78 is 10.3. The number of aldehydes is 2. The van der Waals surface area contributed by atoms with E-state index in [1.165, 1.54) is 114 Å². The lowest BCUT2D eigenvalue weighted by molar-refractivity contribution is 0.0275. The Morgan fingerprint density at radius 2 is 1.00 bits per heavy atom. The average Bonchev–Trinajstić information content (AvgIpc) is 3.19. The van der Waals surface area contributed by atoms with Gasteiger partial charge in [-0.25, -0.2) is 0 Å². The van der Waals surface area contributed by atoms with Crippen LogP contribution in [0.3, 0.4) is 0 Å². The minimum Gasteiger partial charge on any atom is -0.382 e. The van der Waals surface area contributed by atoms with E-state index in [1.54, 1.807) is 14.2 Å². The van der Waals surface area contributed by atoms with Crippen molar-refractivity contribution >= 4 is 12.6 Å². The molecule has 0 heterocycles. The summed E-state index contributed by atoms with van der Waals surface area (Å²) in [7, 11) is 3.37. The van der Waals surface area contributed by atoms with Crippen molar-refractivity contribution in [3.8, 4) is 0 Å². The van der Waals surface area contributed by atoms with Gasteiger partial charge >= 0.3 is 0 Å². The molecule has 0 saturated heterocycles. The van der Waals surface area contributed by atoms with Gasteiger partial charge in [0, 0.05) is 25.3 Å². The van der Waals surface area contributed by atoms with E-state index in [0.717, 1.165) is 52.9 Å². The summed E-state index contributed by atoms with van der Waals surface area (Å²) in [5.41, 5.74) is 5.59. The minimum atomic E-state index is 0.0520. The standard InChI is InChI=1S/2C18H26O.C10H14O2/c2*1-2-3-4-5-15-6-10-17(11-7-15)18-12-8-16(14-19)9-13-18;1-11-8-10(12-2)9-6-4-3-5-7-9/h2*8-9,12-15,17H,2-7,10-11H2,1H3;3-7,10H,8H2,1-2H3. The number of benzene rings is 3. The zero-order chi connectivity index (χ0) is 35.8. The number of methoxy groups -OCH3 is 2. The summed E-state index contributed by atoms with van der Waals surface area (Å²) in [6.07, 6.45) is 24.0. The van der Waals surface area contributed by atoms with Crippen molar-refractivity contribution in [3.05, 3.63) is 107 Å². The Balaban J connectivity index is 0.000000209. The van der Waals surface area contributed by atoms with Gasteiger partial charge in [-0.3, -0.25) is 9.59 Å². The molecule has 1 atom stereocenters. The molecule has 4 nitrogen and oxygen atoms in total. The summed E-state index contributed by atoms with van der Waals surface area (Å²) in [6.45, 7) is 5.15. The highest BCUT2D eigenvalue weighted by atomic mass is 16.5. The molecule has 0 radical (unpaired) electrons. The highest BCUT2D eigenvalue weighted by molar-refractivity contribution is 5.75. The van der Waals surface area contributed by atoms with Gasteiger partial charge in [0.15, 0.2) is 0 Å². The Labute approximate surface area is 304 Å². The minimum absolute atomic E-state index is 0.0520. The molecule has 2 aliphatic carbocycles. The van der Waals surface area contributed by atoms with Gasteiger partial charge in [0.05, 0.1) is 6.61 Å². The van der Waals surface area contributed by atoms with Gasteiger partial charge in [0.1, 0.15) is 18.7 Å². The molecule has 2 fully saturated rings. The van der Waals surface area contributed by atoms with Gasteiger partial charge < -0.3 is 9.47 Å². The lowest BCUT2D eigenvalue weighted by atomic mass is 9.77. The van der Waals surface area contributed by atoms with Crippen LogP contribution >= 0.6 is 0 Å². The van der Waals surface area contributed by atoms with Gasteiger partial charge in [-0.1, -0.05) is 144 Å². The Hall–Kier alpha value is -3.08. The third-order valence-corrected chi connectivity index (χ3v) is 11.0. The summed E-state index contributed by atoms with van der Waals surface area (Å²) in [6, 6.07) is 26.4. The zero-order valence-corrected chi connectivity index (χ0v) is 31.7. The number of unbranched alkanes of at least 4 members (excludes halogenated alkanes) is 4. The SMILES string of the molecule is CCCCCC1CCC(c2ccc(C=O)cc2)CC1.CCCCCC1CCC(c2ccc(C=O)cc2)CC1.COCC(OC)c1ccccc1. The quantitative estimate of drug-likeness (QED) is 0.111. The molecule has 4 heteroatoms. The van der Waals surface area contributed by atoms with Gasteiger partial charge in [-0.05, 0) is 91.7 Å². The molecule has 0 aromatic heterocycles. The maximum atomic E-state index is 10.7. The van der Waals surface area contributed by atoms with E-state index in [0.29, 0.717) is 6.61 Å². The zero-order valence-electron chi connectivity index (χ0n) is 31.7. The third kappa shape index (κ3) is 15.0. The van der Waals surface area contributed by atoms with Crippen LogP contribution in [0, 0.1) is 11.8 Å². The maximum absolute atomic E-state index is 10.7. The highest BCUT2D eigenvalue weighted by Gasteiger charge is 2.23. The largest absolute Gasteiger partial charge is 0.382 e.